The smallest absolute Gasteiger partial charge is 0.225 e. The van der Waals surface area contributed by atoms with E-state index >= 15 is 0 Å². The van der Waals surface area contributed by atoms with Gasteiger partial charge in [-0.1, -0.05) is 12.2 Å². The predicted molar refractivity (Wildman–Crippen MR) is 89.3 cm³/mol. The summed E-state index contributed by atoms with van der Waals surface area (Å²) in [5.74, 6) is 0.944. The van der Waals surface area contributed by atoms with Crippen LogP contribution in [0.2, 0.25) is 0 Å². The quantitative estimate of drug-likeness (QED) is 0.780. The summed E-state index contributed by atoms with van der Waals surface area (Å²) in [7, 11) is 0. The standard InChI is InChI=1S/C18H24FN3O/c1-13-4-3-5-15(6-7-16(13)19)17-12-14(2)20-18(21-17)22-8-10-23-11-9-22/h3,5,12,15H,4,6-11H2,1-2H3/b5-3-,16-13+. The van der Waals surface area contributed by atoms with Crippen LogP contribution >= 0.6 is 0 Å². The fourth-order valence-corrected chi connectivity index (χ4v) is 3.03. The van der Waals surface area contributed by atoms with Crippen molar-refractivity contribution in [1.82, 2.24) is 9.97 Å². The Balaban J connectivity index is 1.83. The molecule has 1 fully saturated rings. The Bertz CT molecular complexity index is 621. The Hall–Kier alpha value is -1.75. The highest BCUT2D eigenvalue weighted by Crippen LogP contribution is 2.29. The van der Waals surface area contributed by atoms with Gasteiger partial charge in [0.25, 0.3) is 0 Å². The minimum absolute atomic E-state index is 0.0264. The third-order valence-corrected chi connectivity index (χ3v) is 4.47. The van der Waals surface area contributed by atoms with Crippen molar-refractivity contribution in [2.75, 3.05) is 31.2 Å². The second kappa shape index (κ2) is 7.21. The van der Waals surface area contributed by atoms with Gasteiger partial charge in [-0.2, -0.15) is 0 Å². The van der Waals surface area contributed by atoms with Gasteiger partial charge in [-0.3, -0.25) is 0 Å². The Morgan fingerprint density at radius 2 is 2.00 bits per heavy atom. The van der Waals surface area contributed by atoms with Gasteiger partial charge in [0.2, 0.25) is 5.95 Å². The Kier molecular flexibility index (Phi) is 5.06. The van der Waals surface area contributed by atoms with E-state index in [1.165, 1.54) is 0 Å². The highest BCUT2D eigenvalue weighted by atomic mass is 19.1. The molecular weight excluding hydrogens is 293 g/mol. The molecule has 1 atom stereocenters. The molecule has 2 aliphatic rings. The number of hydrogen-bond donors (Lipinski definition) is 0. The van der Waals surface area contributed by atoms with Crippen LogP contribution in [0.1, 0.15) is 43.5 Å². The maximum atomic E-state index is 13.9. The van der Waals surface area contributed by atoms with Crippen molar-refractivity contribution in [3.63, 3.8) is 0 Å². The molecule has 0 amide bonds. The molecule has 1 aromatic heterocycles. The second-order valence-electron chi connectivity index (χ2n) is 6.30. The number of halogens is 1. The Morgan fingerprint density at radius 3 is 2.78 bits per heavy atom. The average molecular weight is 317 g/mol. The van der Waals surface area contributed by atoms with Crippen LogP contribution in [0.4, 0.5) is 10.3 Å². The van der Waals surface area contributed by atoms with E-state index in [4.69, 9.17) is 9.72 Å². The van der Waals surface area contributed by atoms with Gasteiger partial charge in [0.15, 0.2) is 0 Å². The van der Waals surface area contributed by atoms with Gasteiger partial charge < -0.3 is 9.64 Å². The van der Waals surface area contributed by atoms with Gasteiger partial charge >= 0.3 is 0 Å². The summed E-state index contributed by atoms with van der Waals surface area (Å²) in [6.45, 7) is 6.92. The van der Waals surface area contributed by atoms with Crippen molar-refractivity contribution in [3.8, 4) is 0 Å². The summed E-state index contributed by atoms with van der Waals surface area (Å²) in [6.07, 6.45) is 6.14. The van der Waals surface area contributed by atoms with Crippen LogP contribution in [0.3, 0.4) is 0 Å². The predicted octanol–water partition coefficient (Wildman–Crippen LogP) is 3.69. The number of ether oxygens (including phenoxy) is 1. The van der Waals surface area contributed by atoms with Crippen molar-refractivity contribution >= 4 is 5.95 Å². The van der Waals surface area contributed by atoms with E-state index in [2.05, 4.69) is 22.0 Å². The molecule has 3 rings (SSSR count). The molecule has 0 spiro atoms. The number of hydrogen-bond acceptors (Lipinski definition) is 4. The third-order valence-electron chi connectivity index (χ3n) is 4.47. The molecule has 1 saturated heterocycles. The highest BCUT2D eigenvalue weighted by molar-refractivity contribution is 5.35. The molecule has 5 heteroatoms. The fraction of sp³-hybridized carbons (Fsp3) is 0.556. The van der Waals surface area contributed by atoms with E-state index in [1.54, 1.807) is 0 Å². The van der Waals surface area contributed by atoms with E-state index in [0.717, 1.165) is 42.4 Å². The summed E-state index contributed by atoms with van der Waals surface area (Å²) in [5.41, 5.74) is 2.79. The van der Waals surface area contributed by atoms with Gasteiger partial charge in [0.1, 0.15) is 0 Å². The molecule has 23 heavy (non-hydrogen) atoms. The molecule has 4 nitrogen and oxygen atoms in total. The molecule has 0 aromatic carbocycles. The lowest BCUT2D eigenvalue weighted by Crippen LogP contribution is -2.37. The lowest BCUT2D eigenvalue weighted by atomic mass is 9.93. The molecule has 0 N–H and O–H groups in total. The van der Waals surface area contributed by atoms with Crippen LogP contribution in [0.5, 0.6) is 0 Å². The number of allylic oxidation sites excluding steroid dienone is 4. The maximum Gasteiger partial charge on any atom is 0.225 e. The van der Waals surface area contributed by atoms with Crippen LogP contribution in [0.25, 0.3) is 0 Å². The third kappa shape index (κ3) is 3.96. The lowest BCUT2D eigenvalue weighted by molar-refractivity contribution is 0.122. The monoisotopic (exact) mass is 317 g/mol. The van der Waals surface area contributed by atoms with Crippen molar-refractivity contribution in [2.24, 2.45) is 0 Å². The van der Waals surface area contributed by atoms with Gasteiger partial charge in [0, 0.05) is 31.1 Å². The second-order valence-corrected chi connectivity index (χ2v) is 6.30. The molecule has 0 saturated carbocycles. The number of aryl methyl sites for hydroxylation is 1. The molecular formula is C18H24FN3O. The summed E-state index contributed by atoms with van der Waals surface area (Å²) in [4.78, 5) is 11.5. The first-order chi connectivity index (χ1) is 11.1. The van der Waals surface area contributed by atoms with Crippen LogP contribution in [-0.2, 0) is 4.74 Å². The van der Waals surface area contributed by atoms with E-state index in [1.807, 2.05) is 19.9 Å². The van der Waals surface area contributed by atoms with Gasteiger partial charge in [-0.05, 0) is 38.3 Å². The van der Waals surface area contributed by atoms with Crippen molar-refractivity contribution < 1.29 is 9.13 Å². The first-order valence-corrected chi connectivity index (χ1v) is 8.32. The number of rotatable bonds is 2. The van der Waals surface area contributed by atoms with Crippen LogP contribution in [0.15, 0.2) is 29.6 Å². The summed E-state index contributed by atoms with van der Waals surface area (Å²) >= 11 is 0. The molecule has 0 radical (unpaired) electrons. The SMILES string of the molecule is C/C1=C(\F)CCC(c2cc(C)nc(N3CCOCC3)n2)/C=C\C1. The maximum absolute atomic E-state index is 13.9. The molecule has 1 aromatic rings. The average Bonchev–Trinajstić information content (AvgIpc) is 2.56. The highest BCUT2D eigenvalue weighted by Gasteiger charge is 2.19. The molecule has 124 valence electrons. The topological polar surface area (TPSA) is 38.2 Å². The lowest BCUT2D eigenvalue weighted by Gasteiger charge is -2.27. The Morgan fingerprint density at radius 1 is 1.22 bits per heavy atom. The van der Waals surface area contributed by atoms with E-state index < -0.39 is 0 Å². The van der Waals surface area contributed by atoms with Crippen molar-refractivity contribution in [1.29, 1.82) is 0 Å². The normalized spacial score (nSPS) is 27.4. The molecule has 0 bridgehead atoms. The number of aromatic nitrogens is 2. The minimum atomic E-state index is 0.0264. The first kappa shape index (κ1) is 16.1. The fourth-order valence-electron chi connectivity index (χ4n) is 3.03. The molecule has 1 aliphatic heterocycles. The van der Waals surface area contributed by atoms with Gasteiger partial charge in [-0.25, -0.2) is 14.4 Å². The summed E-state index contributed by atoms with van der Waals surface area (Å²) < 4.78 is 19.3. The number of morpholine rings is 1. The van der Waals surface area contributed by atoms with E-state index in [9.17, 15) is 4.39 Å². The number of nitrogens with zero attached hydrogens (tertiary/aromatic N) is 3. The van der Waals surface area contributed by atoms with Crippen LogP contribution < -0.4 is 4.90 Å². The number of anilines is 1. The zero-order valence-corrected chi connectivity index (χ0v) is 13.9. The van der Waals surface area contributed by atoms with Crippen molar-refractivity contribution in [3.05, 3.63) is 41.0 Å². The molecule has 2 heterocycles. The van der Waals surface area contributed by atoms with Crippen molar-refractivity contribution in [2.45, 2.75) is 39.0 Å². The van der Waals surface area contributed by atoms with Crippen LogP contribution in [-0.4, -0.2) is 36.3 Å². The van der Waals surface area contributed by atoms with Gasteiger partial charge in [0.05, 0.1) is 24.7 Å². The van der Waals surface area contributed by atoms with Crippen LogP contribution in [0, 0.1) is 6.92 Å². The minimum Gasteiger partial charge on any atom is -0.378 e. The van der Waals surface area contributed by atoms with E-state index in [0.29, 0.717) is 26.1 Å². The first-order valence-electron chi connectivity index (χ1n) is 8.32. The molecule has 1 unspecified atom stereocenters. The summed E-state index contributed by atoms with van der Waals surface area (Å²) in [5, 5.41) is 0. The van der Waals surface area contributed by atoms with Gasteiger partial charge in [-0.15, -0.1) is 0 Å². The molecule has 1 aliphatic carbocycles. The zero-order chi connectivity index (χ0) is 16.2. The van der Waals surface area contributed by atoms with E-state index in [-0.39, 0.29) is 11.7 Å². The summed E-state index contributed by atoms with van der Waals surface area (Å²) in [6, 6.07) is 2.02. The largest absolute Gasteiger partial charge is 0.378 e. The Labute approximate surface area is 137 Å². The zero-order valence-electron chi connectivity index (χ0n) is 13.9.